The van der Waals surface area contributed by atoms with E-state index >= 15 is 0 Å². The third kappa shape index (κ3) is 2.90. The Hall–Kier alpha value is -2.10. The number of hydrogen-bond donors (Lipinski definition) is 1. The first-order chi connectivity index (χ1) is 9.67. The fraction of sp³-hybridized carbons (Fsp3) is 0.375. The minimum atomic E-state index is -0.0271. The number of nitrogens with zero attached hydrogens (tertiary/aromatic N) is 2. The minimum Gasteiger partial charge on any atom is -0.388 e. The molecule has 0 aliphatic rings. The van der Waals surface area contributed by atoms with Gasteiger partial charge < -0.3 is 10.2 Å². The molecule has 20 heavy (non-hydrogen) atoms. The summed E-state index contributed by atoms with van der Waals surface area (Å²) in [7, 11) is 3.69. The lowest BCUT2D eigenvalue weighted by Gasteiger charge is -2.17. The lowest BCUT2D eigenvalue weighted by molar-refractivity contribution is 0.0788. The molecule has 4 heteroatoms. The molecule has 0 saturated heterocycles. The van der Waals surface area contributed by atoms with E-state index < -0.39 is 0 Å². The fourth-order valence-electron chi connectivity index (χ4n) is 2.18. The van der Waals surface area contributed by atoms with Crippen molar-refractivity contribution >= 4 is 22.5 Å². The van der Waals surface area contributed by atoms with Crippen molar-refractivity contribution in [3.63, 3.8) is 0 Å². The number of nitrogens with one attached hydrogen (secondary N) is 1. The third-order valence-corrected chi connectivity index (χ3v) is 3.40. The highest BCUT2D eigenvalue weighted by Crippen LogP contribution is 2.23. The Bertz CT molecular complexity index is 610. The predicted molar refractivity (Wildman–Crippen MR) is 83.2 cm³/mol. The van der Waals surface area contributed by atoms with Crippen LogP contribution in [0.25, 0.3) is 10.9 Å². The topological polar surface area (TPSA) is 45.2 Å². The second kappa shape index (κ2) is 6.37. The molecular formula is C16H21N3O. The first kappa shape index (κ1) is 14.3. The molecular weight excluding hydrogens is 250 g/mol. The summed E-state index contributed by atoms with van der Waals surface area (Å²) in [4.78, 5) is 18.6. The van der Waals surface area contributed by atoms with Crippen LogP contribution in [0.5, 0.6) is 0 Å². The second-order valence-corrected chi connectivity index (χ2v) is 4.90. The van der Waals surface area contributed by atoms with Crippen molar-refractivity contribution in [2.24, 2.45) is 0 Å². The predicted octanol–water partition coefficient (Wildman–Crippen LogP) is 3.15. The largest absolute Gasteiger partial charge is 0.388 e. The van der Waals surface area contributed by atoms with Gasteiger partial charge in [0.05, 0.1) is 5.52 Å². The Labute approximate surface area is 119 Å². The number of rotatable bonds is 5. The molecule has 106 valence electrons. The standard InChI is InChI=1S/C16H21N3O/c1-4-5-10-19(3)16(20)15-11-14(17-2)12-8-6-7-9-13(12)18-15/h6-9,11H,4-5,10H2,1-3H3,(H,17,18). The molecule has 0 unspecified atom stereocenters. The molecule has 0 saturated carbocycles. The molecule has 0 aliphatic carbocycles. The maximum Gasteiger partial charge on any atom is 0.272 e. The zero-order valence-corrected chi connectivity index (χ0v) is 12.3. The first-order valence-corrected chi connectivity index (χ1v) is 7.00. The van der Waals surface area contributed by atoms with E-state index in [4.69, 9.17) is 0 Å². The van der Waals surface area contributed by atoms with Crippen LogP contribution in [0.15, 0.2) is 30.3 Å². The van der Waals surface area contributed by atoms with Gasteiger partial charge in [-0.15, -0.1) is 0 Å². The lowest BCUT2D eigenvalue weighted by Crippen LogP contribution is -2.28. The number of para-hydroxylation sites is 1. The van der Waals surface area contributed by atoms with Gasteiger partial charge in [-0.05, 0) is 18.6 Å². The average Bonchev–Trinajstić information content (AvgIpc) is 2.50. The Morgan fingerprint density at radius 3 is 2.80 bits per heavy atom. The van der Waals surface area contributed by atoms with E-state index in [1.54, 1.807) is 4.90 Å². The van der Waals surface area contributed by atoms with Gasteiger partial charge in [0, 0.05) is 31.7 Å². The summed E-state index contributed by atoms with van der Waals surface area (Å²) in [6.45, 7) is 2.88. The molecule has 1 N–H and O–H groups in total. The number of anilines is 1. The number of unbranched alkanes of at least 4 members (excludes halogenated alkanes) is 1. The van der Waals surface area contributed by atoms with Gasteiger partial charge in [-0.25, -0.2) is 4.98 Å². The molecule has 0 aliphatic heterocycles. The molecule has 0 fully saturated rings. The summed E-state index contributed by atoms with van der Waals surface area (Å²) in [6, 6.07) is 9.67. The third-order valence-electron chi connectivity index (χ3n) is 3.40. The molecule has 0 spiro atoms. The van der Waals surface area contributed by atoms with E-state index in [9.17, 15) is 4.79 Å². The lowest BCUT2D eigenvalue weighted by atomic mass is 10.1. The molecule has 2 rings (SSSR count). The quantitative estimate of drug-likeness (QED) is 0.908. The zero-order chi connectivity index (χ0) is 14.5. The van der Waals surface area contributed by atoms with E-state index in [1.165, 1.54) is 0 Å². The molecule has 1 aromatic heterocycles. The zero-order valence-electron chi connectivity index (χ0n) is 12.3. The van der Waals surface area contributed by atoms with Crippen LogP contribution in [0, 0.1) is 0 Å². The monoisotopic (exact) mass is 271 g/mol. The van der Waals surface area contributed by atoms with Crippen LogP contribution in [0.3, 0.4) is 0 Å². The highest BCUT2D eigenvalue weighted by atomic mass is 16.2. The second-order valence-electron chi connectivity index (χ2n) is 4.90. The van der Waals surface area contributed by atoms with Crippen LogP contribution in [0.2, 0.25) is 0 Å². The Kier molecular flexibility index (Phi) is 4.56. The molecule has 0 radical (unpaired) electrons. The summed E-state index contributed by atoms with van der Waals surface area (Å²) in [6.07, 6.45) is 2.08. The first-order valence-electron chi connectivity index (χ1n) is 7.00. The van der Waals surface area contributed by atoms with Gasteiger partial charge in [0.15, 0.2) is 0 Å². The highest BCUT2D eigenvalue weighted by molar-refractivity contribution is 5.99. The number of carbonyl (C=O) groups excluding carboxylic acids is 1. The number of aromatic nitrogens is 1. The van der Waals surface area contributed by atoms with Crippen LogP contribution in [0.1, 0.15) is 30.3 Å². The van der Waals surface area contributed by atoms with Crippen molar-refractivity contribution < 1.29 is 4.79 Å². The van der Waals surface area contributed by atoms with Gasteiger partial charge in [-0.3, -0.25) is 4.79 Å². The number of carbonyl (C=O) groups is 1. The van der Waals surface area contributed by atoms with Gasteiger partial charge in [0.25, 0.3) is 5.91 Å². The molecule has 0 atom stereocenters. The molecule has 1 heterocycles. The Morgan fingerprint density at radius 1 is 1.35 bits per heavy atom. The Balaban J connectivity index is 2.37. The summed E-state index contributed by atoms with van der Waals surface area (Å²) in [5.74, 6) is -0.0271. The minimum absolute atomic E-state index is 0.0271. The number of benzene rings is 1. The van der Waals surface area contributed by atoms with Gasteiger partial charge >= 0.3 is 0 Å². The van der Waals surface area contributed by atoms with Crippen LogP contribution in [-0.2, 0) is 0 Å². The smallest absolute Gasteiger partial charge is 0.272 e. The summed E-state index contributed by atoms with van der Waals surface area (Å²) >= 11 is 0. The number of amides is 1. The van der Waals surface area contributed by atoms with E-state index in [0.29, 0.717) is 5.69 Å². The number of fused-ring (bicyclic) bond motifs is 1. The van der Waals surface area contributed by atoms with Crippen molar-refractivity contribution in [2.45, 2.75) is 19.8 Å². The maximum atomic E-state index is 12.4. The van der Waals surface area contributed by atoms with E-state index in [0.717, 1.165) is 36.0 Å². The van der Waals surface area contributed by atoms with Crippen molar-refractivity contribution in [1.29, 1.82) is 0 Å². The summed E-state index contributed by atoms with van der Waals surface area (Å²) in [5.41, 5.74) is 2.26. The summed E-state index contributed by atoms with van der Waals surface area (Å²) in [5, 5.41) is 4.17. The average molecular weight is 271 g/mol. The van der Waals surface area contributed by atoms with Crippen molar-refractivity contribution in [3.8, 4) is 0 Å². The highest BCUT2D eigenvalue weighted by Gasteiger charge is 2.15. The maximum absolute atomic E-state index is 12.4. The van der Waals surface area contributed by atoms with Gasteiger partial charge in [0.2, 0.25) is 0 Å². The molecule has 2 aromatic rings. The van der Waals surface area contributed by atoms with Crippen LogP contribution >= 0.6 is 0 Å². The van der Waals surface area contributed by atoms with Crippen molar-refractivity contribution in [1.82, 2.24) is 9.88 Å². The van der Waals surface area contributed by atoms with Crippen molar-refractivity contribution in [3.05, 3.63) is 36.0 Å². The molecule has 4 nitrogen and oxygen atoms in total. The Morgan fingerprint density at radius 2 is 2.10 bits per heavy atom. The number of hydrogen-bond acceptors (Lipinski definition) is 3. The van der Waals surface area contributed by atoms with Gasteiger partial charge in [-0.2, -0.15) is 0 Å². The SMILES string of the molecule is CCCCN(C)C(=O)c1cc(NC)c2ccccc2n1. The number of pyridine rings is 1. The van der Waals surface area contributed by atoms with Crippen LogP contribution < -0.4 is 5.32 Å². The normalized spacial score (nSPS) is 10.6. The molecule has 0 bridgehead atoms. The fourth-order valence-corrected chi connectivity index (χ4v) is 2.18. The van der Waals surface area contributed by atoms with Crippen LogP contribution in [0.4, 0.5) is 5.69 Å². The van der Waals surface area contributed by atoms with Crippen LogP contribution in [-0.4, -0.2) is 36.4 Å². The van der Waals surface area contributed by atoms with Gasteiger partial charge in [-0.1, -0.05) is 31.5 Å². The molecule has 1 aromatic carbocycles. The van der Waals surface area contributed by atoms with E-state index in [1.807, 2.05) is 44.4 Å². The van der Waals surface area contributed by atoms with Crippen molar-refractivity contribution in [2.75, 3.05) is 26.0 Å². The van der Waals surface area contributed by atoms with Gasteiger partial charge in [0.1, 0.15) is 5.69 Å². The van der Waals surface area contributed by atoms with E-state index in [2.05, 4.69) is 17.2 Å². The van der Waals surface area contributed by atoms with E-state index in [-0.39, 0.29) is 5.91 Å². The summed E-state index contributed by atoms with van der Waals surface area (Å²) < 4.78 is 0. The molecule has 1 amide bonds.